The van der Waals surface area contributed by atoms with Crippen LogP contribution >= 0.6 is 0 Å². The smallest absolute Gasteiger partial charge is 0.225 e. The number of benzene rings is 1. The van der Waals surface area contributed by atoms with E-state index in [0.717, 1.165) is 17.7 Å². The Labute approximate surface area is 109 Å². The average Bonchev–Trinajstić information content (AvgIpc) is 2.38. The predicted octanol–water partition coefficient (Wildman–Crippen LogP) is 1.64. The van der Waals surface area contributed by atoms with Gasteiger partial charge in [0.25, 0.3) is 0 Å². The van der Waals surface area contributed by atoms with E-state index in [2.05, 4.69) is 0 Å². The second-order valence-corrected chi connectivity index (χ2v) is 4.48. The highest BCUT2D eigenvalue weighted by molar-refractivity contribution is 5.78. The van der Waals surface area contributed by atoms with Gasteiger partial charge in [0.1, 0.15) is 5.75 Å². The van der Waals surface area contributed by atoms with Crippen LogP contribution in [0.15, 0.2) is 24.3 Å². The maximum absolute atomic E-state index is 12.1. The number of para-hydroxylation sites is 1. The van der Waals surface area contributed by atoms with Crippen LogP contribution in [0, 0.1) is 5.92 Å². The molecule has 1 rings (SSSR count). The zero-order valence-corrected chi connectivity index (χ0v) is 11.3. The molecule has 18 heavy (non-hydrogen) atoms. The molecule has 1 amide bonds. The van der Waals surface area contributed by atoms with E-state index in [4.69, 9.17) is 10.5 Å². The molecule has 0 saturated carbocycles. The zero-order chi connectivity index (χ0) is 13.5. The molecule has 1 atom stereocenters. The van der Waals surface area contributed by atoms with Crippen LogP contribution in [0.4, 0.5) is 0 Å². The fraction of sp³-hybridized carbons (Fsp3) is 0.500. The number of carbonyl (C=O) groups is 1. The number of carbonyl (C=O) groups excluding carboxylic acids is 1. The molecule has 0 aliphatic rings. The summed E-state index contributed by atoms with van der Waals surface area (Å²) in [6.45, 7) is 3.00. The van der Waals surface area contributed by atoms with Crippen LogP contribution in [-0.4, -0.2) is 31.5 Å². The molecule has 0 fully saturated rings. The van der Waals surface area contributed by atoms with Crippen LogP contribution in [0.25, 0.3) is 0 Å². The first-order valence-corrected chi connectivity index (χ1v) is 6.17. The number of hydrogen-bond donors (Lipinski definition) is 1. The lowest BCUT2D eigenvalue weighted by Crippen LogP contribution is -2.32. The molecule has 4 nitrogen and oxygen atoms in total. The maximum Gasteiger partial charge on any atom is 0.225 e. The van der Waals surface area contributed by atoms with Crippen molar-refractivity contribution in [3.05, 3.63) is 29.8 Å². The summed E-state index contributed by atoms with van der Waals surface area (Å²) in [5.41, 5.74) is 6.48. The van der Waals surface area contributed by atoms with Gasteiger partial charge in [-0.25, -0.2) is 0 Å². The summed E-state index contributed by atoms with van der Waals surface area (Å²) >= 11 is 0. The molecule has 2 N–H and O–H groups in total. The molecule has 0 radical (unpaired) electrons. The lowest BCUT2D eigenvalue weighted by Gasteiger charge is -2.22. The lowest BCUT2D eigenvalue weighted by molar-refractivity contribution is -0.134. The van der Waals surface area contributed by atoms with Gasteiger partial charge in [-0.1, -0.05) is 25.1 Å². The average molecular weight is 250 g/mol. The van der Waals surface area contributed by atoms with E-state index in [-0.39, 0.29) is 11.8 Å². The molecule has 0 aromatic heterocycles. The van der Waals surface area contributed by atoms with Crippen molar-refractivity contribution in [1.82, 2.24) is 4.90 Å². The standard InChI is InChI=1S/C14H22N2O2/c1-11(8-9-15)14(17)16(2)10-12-6-4-5-7-13(12)18-3/h4-7,11H,8-10,15H2,1-3H3. The Hall–Kier alpha value is -1.55. The van der Waals surface area contributed by atoms with Gasteiger partial charge < -0.3 is 15.4 Å². The first-order chi connectivity index (χ1) is 8.60. The quantitative estimate of drug-likeness (QED) is 0.835. The predicted molar refractivity (Wildman–Crippen MR) is 72.3 cm³/mol. The molecular weight excluding hydrogens is 228 g/mol. The largest absolute Gasteiger partial charge is 0.496 e. The Bertz CT molecular complexity index is 393. The molecule has 100 valence electrons. The molecule has 0 aliphatic carbocycles. The van der Waals surface area contributed by atoms with E-state index in [0.29, 0.717) is 13.1 Å². The monoisotopic (exact) mass is 250 g/mol. The van der Waals surface area contributed by atoms with E-state index >= 15 is 0 Å². The third-order valence-electron chi connectivity index (χ3n) is 3.00. The van der Waals surface area contributed by atoms with Gasteiger partial charge in [-0.3, -0.25) is 4.79 Å². The number of amides is 1. The lowest BCUT2D eigenvalue weighted by atomic mass is 10.1. The molecule has 0 spiro atoms. The van der Waals surface area contributed by atoms with E-state index < -0.39 is 0 Å². The zero-order valence-electron chi connectivity index (χ0n) is 11.3. The summed E-state index contributed by atoms with van der Waals surface area (Å²) in [4.78, 5) is 13.8. The van der Waals surface area contributed by atoms with Crippen LogP contribution in [-0.2, 0) is 11.3 Å². The molecule has 4 heteroatoms. The highest BCUT2D eigenvalue weighted by atomic mass is 16.5. The van der Waals surface area contributed by atoms with E-state index in [9.17, 15) is 4.79 Å². The van der Waals surface area contributed by atoms with Gasteiger partial charge in [0, 0.05) is 25.1 Å². The molecule has 0 aliphatic heterocycles. The number of hydrogen-bond acceptors (Lipinski definition) is 3. The van der Waals surface area contributed by atoms with E-state index in [1.807, 2.05) is 38.2 Å². The summed E-state index contributed by atoms with van der Waals surface area (Å²) in [6, 6.07) is 7.73. The maximum atomic E-state index is 12.1. The Morgan fingerprint density at radius 1 is 1.44 bits per heavy atom. The normalized spacial score (nSPS) is 12.0. The molecular formula is C14H22N2O2. The molecule has 0 saturated heterocycles. The number of methoxy groups -OCH3 is 1. The minimum absolute atomic E-state index is 0.0327. The fourth-order valence-electron chi connectivity index (χ4n) is 1.92. The van der Waals surface area contributed by atoms with Gasteiger partial charge in [-0.2, -0.15) is 0 Å². The number of rotatable bonds is 6. The summed E-state index contributed by atoms with van der Waals surface area (Å²) in [5, 5.41) is 0. The molecule has 1 aromatic rings. The van der Waals surface area contributed by atoms with Crippen molar-refractivity contribution in [2.45, 2.75) is 19.9 Å². The van der Waals surface area contributed by atoms with E-state index in [1.54, 1.807) is 12.0 Å². The summed E-state index contributed by atoms with van der Waals surface area (Å²) in [5.74, 6) is 0.893. The molecule has 0 heterocycles. The van der Waals surface area contributed by atoms with Gasteiger partial charge in [-0.05, 0) is 19.0 Å². The topological polar surface area (TPSA) is 55.6 Å². The van der Waals surface area contributed by atoms with Crippen LogP contribution in [0.2, 0.25) is 0 Å². The minimum atomic E-state index is -0.0327. The Kier molecular flexibility index (Phi) is 5.65. The van der Waals surface area contributed by atoms with Crippen molar-refractivity contribution < 1.29 is 9.53 Å². The second kappa shape index (κ2) is 7.01. The summed E-state index contributed by atoms with van der Waals surface area (Å²) < 4.78 is 5.28. The Morgan fingerprint density at radius 3 is 2.72 bits per heavy atom. The SMILES string of the molecule is COc1ccccc1CN(C)C(=O)C(C)CCN. The fourth-order valence-corrected chi connectivity index (χ4v) is 1.92. The van der Waals surface area contributed by atoms with Crippen molar-refractivity contribution in [3.8, 4) is 5.75 Å². The van der Waals surface area contributed by atoms with Crippen molar-refractivity contribution >= 4 is 5.91 Å². The number of nitrogens with two attached hydrogens (primary N) is 1. The van der Waals surface area contributed by atoms with Gasteiger partial charge in [0.05, 0.1) is 7.11 Å². The van der Waals surface area contributed by atoms with Crippen molar-refractivity contribution in [3.63, 3.8) is 0 Å². The molecule has 1 unspecified atom stereocenters. The molecule has 1 aromatic carbocycles. The van der Waals surface area contributed by atoms with Gasteiger partial charge in [0.15, 0.2) is 0 Å². The van der Waals surface area contributed by atoms with Crippen molar-refractivity contribution in [1.29, 1.82) is 0 Å². The van der Waals surface area contributed by atoms with Crippen molar-refractivity contribution in [2.24, 2.45) is 11.7 Å². The first-order valence-electron chi connectivity index (χ1n) is 6.17. The van der Waals surface area contributed by atoms with Gasteiger partial charge in [-0.15, -0.1) is 0 Å². The molecule has 0 bridgehead atoms. The third kappa shape index (κ3) is 3.74. The number of ether oxygens (including phenoxy) is 1. The Morgan fingerprint density at radius 2 is 2.11 bits per heavy atom. The van der Waals surface area contributed by atoms with Gasteiger partial charge >= 0.3 is 0 Å². The first kappa shape index (κ1) is 14.5. The van der Waals surface area contributed by atoms with Crippen LogP contribution in [0.3, 0.4) is 0 Å². The highest BCUT2D eigenvalue weighted by Crippen LogP contribution is 2.19. The van der Waals surface area contributed by atoms with Crippen LogP contribution in [0.1, 0.15) is 18.9 Å². The van der Waals surface area contributed by atoms with Crippen LogP contribution in [0.5, 0.6) is 5.75 Å². The second-order valence-electron chi connectivity index (χ2n) is 4.48. The number of nitrogens with zero attached hydrogens (tertiary/aromatic N) is 1. The van der Waals surface area contributed by atoms with Gasteiger partial charge in [0.2, 0.25) is 5.91 Å². The van der Waals surface area contributed by atoms with E-state index in [1.165, 1.54) is 0 Å². The summed E-state index contributed by atoms with van der Waals surface area (Å²) in [7, 11) is 3.44. The minimum Gasteiger partial charge on any atom is -0.496 e. The van der Waals surface area contributed by atoms with Crippen LogP contribution < -0.4 is 10.5 Å². The van der Waals surface area contributed by atoms with Crippen molar-refractivity contribution in [2.75, 3.05) is 20.7 Å². The summed E-state index contributed by atoms with van der Waals surface area (Å²) in [6.07, 6.45) is 0.717. The Balaban J connectivity index is 2.69. The highest BCUT2D eigenvalue weighted by Gasteiger charge is 2.17. The third-order valence-corrected chi connectivity index (χ3v) is 3.00.